The lowest BCUT2D eigenvalue weighted by Gasteiger charge is -2.09. The lowest BCUT2D eigenvalue weighted by atomic mass is 10.2. The van der Waals surface area contributed by atoms with Gasteiger partial charge in [0.05, 0.1) is 17.5 Å². The molecule has 2 N–H and O–H groups in total. The van der Waals surface area contributed by atoms with E-state index in [9.17, 15) is 14.4 Å². The number of carbonyl (C=O) groups is 3. The van der Waals surface area contributed by atoms with Gasteiger partial charge in [-0.2, -0.15) is 0 Å². The number of hydrogen-bond acceptors (Lipinski definition) is 4. The highest BCUT2D eigenvalue weighted by Crippen LogP contribution is 2.10. The molecular weight excluding hydrogens is 352 g/mol. The van der Waals surface area contributed by atoms with E-state index in [4.69, 9.17) is 0 Å². The number of carbonyl (C=O) groups excluding carboxylic acids is 3. The van der Waals surface area contributed by atoms with Crippen molar-refractivity contribution in [2.75, 3.05) is 19.0 Å². The van der Waals surface area contributed by atoms with Crippen molar-refractivity contribution in [3.05, 3.63) is 29.8 Å². The smallest absolute Gasteiger partial charge is 0.337 e. The highest BCUT2D eigenvalue weighted by Gasteiger charge is 2.12. The molecule has 0 saturated carbocycles. The van der Waals surface area contributed by atoms with E-state index >= 15 is 0 Å². The number of amides is 2. The van der Waals surface area contributed by atoms with Crippen LogP contribution in [0.25, 0.3) is 0 Å². The first kappa shape index (κ1) is 18.2. The zero-order valence-corrected chi connectivity index (χ0v) is 14.1. The highest BCUT2D eigenvalue weighted by molar-refractivity contribution is 9.10. The van der Waals surface area contributed by atoms with Crippen LogP contribution in [-0.2, 0) is 14.3 Å². The fourth-order valence-corrected chi connectivity index (χ4v) is 1.79. The van der Waals surface area contributed by atoms with Crippen molar-refractivity contribution in [2.24, 2.45) is 0 Å². The van der Waals surface area contributed by atoms with Gasteiger partial charge in [-0.3, -0.25) is 9.59 Å². The van der Waals surface area contributed by atoms with Gasteiger partial charge in [0, 0.05) is 18.7 Å². The molecule has 0 bridgehead atoms. The average Bonchev–Trinajstić information content (AvgIpc) is 2.53. The Bertz CT molecular complexity index is 531. The summed E-state index contributed by atoms with van der Waals surface area (Å²) < 4.78 is 4.59. The third-order valence-electron chi connectivity index (χ3n) is 2.88. The van der Waals surface area contributed by atoms with Crippen molar-refractivity contribution in [1.82, 2.24) is 5.32 Å². The molecule has 0 fully saturated rings. The number of benzene rings is 1. The number of esters is 1. The molecule has 0 aliphatic rings. The Labute approximate surface area is 137 Å². The number of halogens is 1. The van der Waals surface area contributed by atoms with Crippen LogP contribution in [0.2, 0.25) is 0 Å². The van der Waals surface area contributed by atoms with Gasteiger partial charge in [-0.15, -0.1) is 0 Å². The second kappa shape index (κ2) is 9.19. The van der Waals surface area contributed by atoms with Crippen molar-refractivity contribution >= 4 is 39.4 Å². The molecule has 1 rings (SSSR count). The van der Waals surface area contributed by atoms with Gasteiger partial charge in [0.1, 0.15) is 0 Å². The maximum Gasteiger partial charge on any atom is 0.337 e. The second-order valence-corrected chi connectivity index (χ2v) is 5.64. The molecule has 1 atom stereocenters. The molecule has 0 aliphatic heterocycles. The van der Waals surface area contributed by atoms with Gasteiger partial charge in [-0.25, -0.2) is 4.79 Å². The molecule has 0 saturated heterocycles. The van der Waals surface area contributed by atoms with Gasteiger partial charge >= 0.3 is 5.97 Å². The van der Waals surface area contributed by atoms with Gasteiger partial charge < -0.3 is 15.4 Å². The van der Waals surface area contributed by atoms with Crippen molar-refractivity contribution in [1.29, 1.82) is 0 Å². The molecule has 2 amide bonds. The summed E-state index contributed by atoms with van der Waals surface area (Å²) in [6.45, 7) is 2.16. The van der Waals surface area contributed by atoms with Crippen LogP contribution < -0.4 is 10.6 Å². The quantitative estimate of drug-likeness (QED) is 0.568. The van der Waals surface area contributed by atoms with Crippen LogP contribution in [0.5, 0.6) is 0 Å². The first-order valence-corrected chi connectivity index (χ1v) is 7.79. The van der Waals surface area contributed by atoms with E-state index in [2.05, 4.69) is 31.3 Å². The van der Waals surface area contributed by atoms with E-state index in [1.807, 2.05) is 6.92 Å². The third-order valence-corrected chi connectivity index (χ3v) is 3.95. The summed E-state index contributed by atoms with van der Waals surface area (Å²) in [5.41, 5.74) is 0.992. The van der Waals surface area contributed by atoms with E-state index in [1.165, 1.54) is 7.11 Å². The Morgan fingerprint density at radius 2 is 1.86 bits per heavy atom. The summed E-state index contributed by atoms with van der Waals surface area (Å²) in [7, 11) is 1.31. The zero-order valence-electron chi connectivity index (χ0n) is 12.5. The first-order valence-electron chi connectivity index (χ1n) is 6.88. The molecular formula is C15H19BrN2O4. The third kappa shape index (κ3) is 5.85. The molecule has 120 valence electrons. The van der Waals surface area contributed by atoms with Gasteiger partial charge in [0.25, 0.3) is 0 Å². The lowest BCUT2D eigenvalue weighted by molar-refractivity contribution is -0.120. The molecule has 22 heavy (non-hydrogen) atoms. The van der Waals surface area contributed by atoms with Crippen LogP contribution in [0.3, 0.4) is 0 Å². The minimum Gasteiger partial charge on any atom is -0.465 e. The first-order chi connectivity index (χ1) is 10.5. The molecule has 0 aliphatic carbocycles. The van der Waals surface area contributed by atoms with E-state index < -0.39 is 5.97 Å². The summed E-state index contributed by atoms with van der Waals surface area (Å²) in [4.78, 5) is 34.3. The van der Waals surface area contributed by atoms with E-state index in [1.54, 1.807) is 24.3 Å². The number of nitrogens with one attached hydrogen (secondary N) is 2. The molecule has 0 radical (unpaired) electrons. The molecule has 7 heteroatoms. The Kier molecular flexibility index (Phi) is 7.59. The summed E-state index contributed by atoms with van der Waals surface area (Å²) in [6.07, 6.45) is 0.860. The van der Waals surface area contributed by atoms with Crippen molar-refractivity contribution in [3.63, 3.8) is 0 Å². The fraction of sp³-hybridized carbons (Fsp3) is 0.400. The summed E-state index contributed by atoms with van der Waals surface area (Å²) in [5.74, 6) is -0.771. The zero-order chi connectivity index (χ0) is 16.5. The second-order valence-electron chi connectivity index (χ2n) is 4.53. The standard InChI is InChI=1S/C15H19BrN2O4/c1-3-12(16)14(20)17-9-8-13(19)18-11-6-4-10(5-7-11)15(21)22-2/h4-7,12H,3,8-9H2,1-2H3,(H,17,20)(H,18,19). The number of methoxy groups -OCH3 is 1. The van der Waals surface area contributed by atoms with Crippen LogP contribution in [0.1, 0.15) is 30.1 Å². The number of hydrogen-bond donors (Lipinski definition) is 2. The van der Waals surface area contributed by atoms with Crippen LogP contribution >= 0.6 is 15.9 Å². The topological polar surface area (TPSA) is 84.5 Å². The normalized spacial score (nSPS) is 11.4. The minimum atomic E-state index is -0.430. The summed E-state index contributed by atoms with van der Waals surface area (Å²) in [5, 5.41) is 5.36. The van der Waals surface area contributed by atoms with Gasteiger partial charge in [-0.1, -0.05) is 22.9 Å². The maximum absolute atomic E-state index is 11.7. The van der Waals surface area contributed by atoms with Crippen molar-refractivity contribution in [2.45, 2.75) is 24.6 Å². The number of rotatable bonds is 7. The number of anilines is 1. The summed E-state index contributed by atoms with van der Waals surface area (Å²) in [6, 6.07) is 6.38. The van der Waals surface area contributed by atoms with Crippen molar-refractivity contribution in [3.8, 4) is 0 Å². The number of ether oxygens (including phenoxy) is 1. The van der Waals surface area contributed by atoms with Gasteiger partial charge in [-0.05, 0) is 30.7 Å². The predicted octanol–water partition coefficient (Wildman–Crippen LogP) is 2.09. The molecule has 0 aromatic heterocycles. The maximum atomic E-state index is 11.7. The monoisotopic (exact) mass is 370 g/mol. The Balaban J connectivity index is 2.39. The Hall–Kier alpha value is -1.89. The Morgan fingerprint density at radius 3 is 2.41 bits per heavy atom. The van der Waals surface area contributed by atoms with Crippen molar-refractivity contribution < 1.29 is 19.1 Å². The number of alkyl halides is 1. The molecule has 0 heterocycles. The van der Waals surface area contributed by atoms with Gasteiger partial charge in [0.15, 0.2) is 0 Å². The van der Waals surface area contributed by atoms with Crippen LogP contribution in [0, 0.1) is 0 Å². The largest absolute Gasteiger partial charge is 0.465 e. The van der Waals surface area contributed by atoms with Crippen LogP contribution in [0.15, 0.2) is 24.3 Å². The highest BCUT2D eigenvalue weighted by atomic mass is 79.9. The van der Waals surface area contributed by atoms with E-state index in [-0.39, 0.29) is 29.6 Å². The van der Waals surface area contributed by atoms with Crippen LogP contribution in [0.4, 0.5) is 5.69 Å². The van der Waals surface area contributed by atoms with Gasteiger partial charge in [0.2, 0.25) is 11.8 Å². The van der Waals surface area contributed by atoms with Crippen LogP contribution in [-0.4, -0.2) is 36.3 Å². The molecule has 6 nitrogen and oxygen atoms in total. The molecule has 1 aromatic rings. The molecule has 0 spiro atoms. The lowest BCUT2D eigenvalue weighted by Crippen LogP contribution is -2.33. The Morgan fingerprint density at radius 1 is 1.23 bits per heavy atom. The molecule has 1 aromatic carbocycles. The van der Waals surface area contributed by atoms with E-state index in [0.717, 1.165) is 0 Å². The SMILES string of the molecule is CCC(Br)C(=O)NCCC(=O)Nc1ccc(C(=O)OC)cc1. The average molecular weight is 371 g/mol. The fourth-order valence-electron chi connectivity index (χ4n) is 1.63. The minimum absolute atomic E-state index is 0.127. The predicted molar refractivity (Wildman–Crippen MR) is 87.0 cm³/mol. The van der Waals surface area contributed by atoms with E-state index in [0.29, 0.717) is 17.7 Å². The molecule has 1 unspecified atom stereocenters. The summed E-state index contributed by atoms with van der Waals surface area (Å²) >= 11 is 3.24.